The smallest absolute Gasteiger partial charge is 0.329 e. The predicted molar refractivity (Wildman–Crippen MR) is 92.7 cm³/mol. The van der Waals surface area contributed by atoms with Crippen molar-refractivity contribution >= 4 is 27.5 Å². The van der Waals surface area contributed by atoms with E-state index in [0.717, 1.165) is 36.1 Å². The summed E-state index contributed by atoms with van der Waals surface area (Å²) in [5.74, 6) is -0.443. The average molecular weight is 350 g/mol. The molecule has 24 heavy (non-hydrogen) atoms. The molecule has 2 aromatic heterocycles. The van der Waals surface area contributed by atoms with Gasteiger partial charge in [0.15, 0.2) is 0 Å². The van der Waals surface area contributed by atoms with Gasteiger partial charge in [0.1, 0.15) is 17.5 Å². The summed E-state index contributed by atoms with van der Waals surface area (Å²) in [7, 11) is 0. The van der Waals surface area contributed by atoms with Crippen molar-refractivity contribution in [2.45, 2.75) is 45.6 Å². The Morgan fingerprint density at radius 3 is 2.96 bits per heavy atom. The van der Waals surface area contributed by atoms with Crippen LogP contribution < -0.4 is 5.56 Å². The van der Waals surface area contributed by atoms with Crippen molar-refractivity contribution in [2.75, 3.05) is 19.8 Å². The first-order chi connectivity index (χ1) is 11.6. The molecule has 0 amide bonds. The Hall–Kier alpha value is -1.73. The molecule has 0 N–H and O–H groups in total. The summed E-state index contributed by atoms with van der Waals surface area (Å²) in [6, 6.07) is -0.699. The van der Waals surface area contributed by atoms with Gasteiger partial charge in [-0.3, -0.25) is 9.36 Å². The van der Waals surface area contributed by atoms with Gasteiger partial charge in [-0.15, -0.1) is 11.3 Å². The van der Waals surface area contributed by atoms with Gasteiger partial charge in [-0.05, 0) is 45.1 Å². The maximum atomic E-state index is 12.9. The van der Waals surface area contributed by atoms with E-state index in [-0.39, 0.29) is 12.2 Å². The second-order valence-corrected chi connectivity index (χ2v) is 6.97. The number of rotatable bonds is 6. The van der Waals surface area contributed by atoms with E-state index in [1.807, 2.05) is 6.92 Å². The Morgan fingerprint density at radius 2 is 2.17 bits per heavy atom. The summed E-state index contributed by atoms with van der Waals surface area (Å²) in [6.45, 7) is 4.67. The van der Waals surface area contributed by atoms with Crippen molar-refractivity contribution in [3.63, 3.8) is 0 Å². The highest BCUT2D eigenvalue weighted by Gasteiger charge is 2.23. The van der Waals surface area contributed by atoms with E-state index >= 15 is 0 Å². The van der Waals surface area contributed by atoms with Crippen molar-refractivity contribution in [2.24, 2.45) is 0 Å². The van der Waals surface area contributed by atoms with Crippen LogP contribution in [0.5, 0.6) is 0 Å². The normalized spacial score (nSPS) is 15.2. The van der Waals surface area contributed by atoms with E-state index in [1.165, 1.54) is 15.8 Å². The Kier molecular flexibility index (Phi) is 5.30. The molecule has 1 atom stereocenters. The maximum Gasteiger partial charge on any atom is 0.329 e. The van der Waals surface area contributed by atoms with Crippen LogP contribution in [-0.2, 0) is 27.1 Å². The molecule has 0 aliphatic heterocycles. The predicted octanol–water partition coefficient (Wildman–Crippen LogP) is 2.48. The SMILES string of the molecule is CCOCCOC(=O)[C@@H](C)n1cnc2sc3c(c2c1=O)CCCC3. The topological polar surface area (TPSA) is 70.4 Å². The number of aromatic nitrogens is 2. The molecule has 2 heterocycles. The van der Waals surface area contributed by atoms with Gasteiger partial charge in [-0.25, -0.2) is 9.78 Å². The minimum absolute atomic E-state index is 0.145. The fourth-order valence-corrected chi connectivity index (χ4v) is 4.23. The number of hydrogen-bond acceptors (Lipinski definition) is 6. The van der Waals surface area contributed by atoms with Crippen LogP contribution in [0.4, 0.5) is 0 Å². The Labute approximate surface area is 144 Å². The number of carbonyl (C=O) groups excluding carboxylic acids is 1. The van der Waals surface area contributed by atoms with E-state index < -0.39 is 12.0 Å². The molecule has 0 aromatic carbocycles. The Balaban J connectivity index is 1.85. The number of hydrogen-bond donors (Lipinski definition) is 0. The van der Waals surface area contributed by atoms with Crippen molar-refractivity contribution in [1.82, 2.24) is 9.55 Å². The highest BCUT2D eigenvalue weighted by Crippen LogP contribution is 2.33. The molecule has 0 unspecified atom stereocenters. The number of carbonyl (C=O) groups is 1. The molecule has 130 valence electrons. The zero-order valence-corrected chi connectivity index (χ0v) is 14.9. The maximum absolute atomic E-state index is 12.9. The van der Waals surface area contributed by atoms with E-state index in [0.29, 0.717) is 18.6 Å². The molecule has 1 aliphatic rings. The van der Waals surface area contributed by atoms with E-state index in [4.69, 9.17) is 9.47 Å². The lowest BCUT2D eigenvalue weighted by Crippen LogP contribution is -2.30. The first kappa shape index (κ1) is 17.1. The summed E-state index contributed by atoms with van der Waals surface area (Å²) in [4.78, 5) is 31.5. The fraction of sp³-hybridized carbons (Fsp3) is 0.588. The van der Waals surface area contributed by atoms with E-state index in [2.05, 4.69) is 4.98 Å². The number of fused-ring (bicyclic) bond motifs is 3. The zero-order chi connectivity index (χ0) is 17.1. The first-order valence-electron chi connectivity index (χ1n) is 8.39. The lowest BCUT2D eigenvalue weighted by atomic mass is 9.97. The van der Waals surface area contributed by atoms with Gasteiger partial charge in [0.05, 0.1) is 18.3 Å². The monoisotopic (exact) mass is 350 g/mol. The van der Waals surface area contributed by atoms with Crippen LogP contribution in [0.25, 0.3) is 10.2 Å². The molecular weight excluding hydrogens is 328 g/mol. The molecule has 0 fully saturated rings. The number of ether oxygens (including phenoxy) is 2. The van der Waals surface area contributed by atoms with Gasteiger partial charge >= 0.3 is 5.97 Å². The summed E-state index contributed by atoms with van der Waals surface area (Å²) in [5.41, 5.74) is 0.985. The molecule has 0 bridgehead atoms. The largest absolute Gasteiger partial charge is 0.462 e. The Bertz CT molecular complexity index is 796. The number of aryl methyl sites for hydroxylation is 2. The molecule has 2 aromatic rings. The van der Waals surface area contributed by atoms with Gasteiger partial charge in [-0.1, -0.05) is 0 Å². The molecule has 0 saturated heterocycles. The zero-order valence-electron chi connectivity index (χ0n) is 14.0. The fourth-order valence-electron chi connectivity index (χ4n) is 3.01. The highest BCUT2D eigenvalue weighted by molar-refractivity contribution is 7.18. The summed E-state index contributed by atoms with van der Waals surface area (Å²) in [5, 5.41) is 0.686. The second kappa shape index (κ2) is 7.44. The van der Waals surface area contributed by atoms with Gasteiger partial charge < -0.3 is 9.47 Å². The third-order valence-electron chi connectivity index (χ3n) is 4.33. The van der Waals surface area contributed by atoms with Crippen LogP contribution in [0.3, 0.4) is 0 Å². The van der Waals surface area contributed by atoms with Crippen LogP contribution in [-0.4, -0.2) is 35.3 Å². The standard InChI is InChI=1S/C17H22N2O4S/c1-3-22-8-9-23-17(21)11(2)19-10-18-15-14(16(19)20)12-6-4-5-7-13(12)24-15/h10-11H,3-9H2,1-2H3/t11-/m1/s1. The van der Waals surface area contributed by atoms with Crippen LogP contribution in [0.2, 0.25) is 0 Å². The average Bonchev–Trinajstić information content (AvgIpc) is 2.97. The summed E-state index contributed by atoms with van der Waals surface area (Å²) in [6.07, 6.45) is 5.66. The molecular formula is C17H22N2O4S. The molecule has 0 saturated carbocycles. The van der Waals surface area contributed by atoms with Gasteiger partial charge in [0.2, 0.25) is 0 Å². The van der Waals surface area contributed by atoms with Crippen LogP contribution in [0.1, 0.15) is 43.2 Å². The number of nitrogens with zero attached hydrogens (tertiary/aromatic N) is 2. The van der Waals surface area contributed by atoms with E-state index in [9.17, 15) is 9.59 Å². The molecule has 3 rings (SSSR count). The van der Waals surface area contributed by atoms with Crippen LogP contribution in [0, 0.1) is 0 Å². The molecule has 7 heteroatoms. The molecule has 6 nitrogen and oxygen atoms in total. The van der Waals surface area contributed by atoms with Gasteiger partial charge in [-0.2, -0.15) is 0 Å². The minimum atomic E-state index is -0.699. The Morgan fingerprint density at radius 1 is 1.38 bits per heavy atom. The third-order valence-corrected chi connectivity index (χ3v) is 5.53. The van der Waals surface area contributed by atoms with Crippen molar-refractivity contribution in [3.05, 3.63) is 27.1 Å². The van der Waals surface area contributed by atoms with Crippen LogP contribution >= 0.6 is 11.3 Å². The van der Waals surface area contributed by atoms with Crippen molar-refractivity contribution in [1.29, 1.82) is 0 Å². The number of esters is 1. The quantitative estimate of drug-likeness (QED) is 0.591. The molecule has 1 aliphatic carbocycles. The number of thiophene rings is 1. The van der Waals surface area contributed by atoms with Crippen LogP contribution in [0.15, 0.2) is 11.1 Å². The van der Waals surface area contributed by atoms with E-state index in [1.54, 1.807) is 18.3 Å². The van der Waals surface area contributed by atoms with Gasteiger partial charge in [0.25, 0.3) is 5.56 Å². The molecule has 0 radical (unpaired) electrons. The summed E-state index contributed by atoms with van der Waals surface area (Å²) >= 11 is 1.60. The highest BCUT2D eigenvalue weighted by atomic mass is 32.1. The second-order valence-electron chi connectivity index (χ2n) is 5.89. The molecule has 0 spiro atoms. The van der Waals surface area contributed by atoms with Crippen molar-refractivity contribution < 1.29 is 14.3 Å². The minimum Gasteiger partial charge on any atom is -0.462 e. The lowest BCUT2D eigenvalue weighted by Gasteiger charge is -2.15. The lowest BCUT2D eigenvalue weighted by molar-refractivity contribution is -0.148. The van der Waals surface area contributed by atoms with Gasteiger partial charge in [0, 0.05) is 11.5 Å². The summed E-state index contributed by atoms with van der Waals surface area (Å²) < 4.78 is 11.7. The third kappa shape index (κ3) is 3.23. The van der Waals surface area contributed by atoms with Crippen molar-refractivity contribution in [3.8, 4) is 0 Å². The first-order valence-corrected chi connectivity index (χ1v) is 9.21.